The molecule has 0 spiro atoms. The number of H-pyrrole nitrogens is 1. The maximum Gasteiger partial charge on any atom is 0.191 e. The molecule has 6 nitrogen and oxygen atoms in total. The van der Waals surface area contributed by atoms with Gasteiger partial charge in [-0.1, -0.05) is 26.0 Å². The first-order valence-corrected chi connectivity index (χ1v) is 6.70. The number of nitrogens with one attached hydrogen (secondary N) is 2. The average molecular weight is 266 g/mol. The minimum absolute atomic E-state index is 0.0731. The highest BCUT2D eigenvalue weighted by Crippen LogP contribution is 2.26. The molecule has 0 aliphatic carbocycles. The second kappa shape index (κ2) is 5.11. The van der Waals surface area contributed by atoms with Crippen molar-refractivity contribution in [2.24, 2.45) is 0 Å². The van der Waals surface area contributed by atoms with E-state index in [9.17, 15) is 0 Å². The molecule has 1 atom stereocenters. The van der Waals surface area contributed by atoms with Gasteiger partial charge in [0.05, 0.1) is 11.0 Å². The van der Waals surface area contributed by atoms with Gasteiger partial charge in [-0.3, -0.25) is 0 Å². The number of rotatable bonds is 4. The van der Waals surface area contributed by atoms with Crippen molar-refractivity contribution in [3.8, 4) is 0 Å². The Morgan fingerprint density at radius 2 is 2.22 bits per heavy atom. The second-order valence-corrected chi connectivity index (χ2v) is 6.37. The van der Waals surface area contributed by atoms with Gasteiger partial charge in [-0.05, 0) is 6.92 Å². The number of tetrazole rings is 1. The van der Waals surface area contributed by atoms with Gasteiger partial charge in [0.1, 0.15) is 0 Å². The van der Waals surface area contributed by atoms with Gasteiger partial charge in [-0.15, -0.1) is 21.5 Å². The summed E-state index contributed by atoms with van der Waals surface area (Å²) in [5.41, 5.74) is 0.113. The van der Waals surface area contributed by atoms with Gasteiger partial charge in [0.25, 0.3) is 0 Å². The quantitative estimate of drug-likeness (QED) is 0.882. The summed E-state index contributed by atoms with van der Waals surface area (Å²) in [5, 5.41) is 18.4. The van der Waals surface area contributed by atoms with E-state index in [1.165, 1.54) is 4.88 Å². The highest BCUT2D eigenvalue weighted by atomic mass is 32.1. The van der Waals surface area contributed by atoms with E-state index in [0.29, 0.717) is 5.82 Å². The molecule has 2 aromatic heterocycles. The fraction of sp³-hybridized carbons (Fsp3) is 0.636. The summed E-state index contributed by atoms with van der Waals surface area (Å²) < 4.78 is 0. The second-order valence-electron chi connectivity index (χ2n) is 5.25. The number of hydrogen-bond acceptors (Lipinski definition) is 6. The molecule has 0 amide bonds. The van der Waals surface area contributed by atoms with Crippen LogP contribution < -0.4 is 5.32 Å². The number of nitrogens with zero attached hydrogens (tertiary/aromatic N) is 4. The van der Waals surface area contributed by atoms with Crippen molar-refractivity contribution in [2.75, 3.05) is 0 Å². The Morgan fingerprint density at radius 3 is 2.78 bits per heavy atom. The molecule has 2 aromatic rings. The normalized spacial score (nSPS) is 13.8. The molecular weight excluding hydrogens is 248 g/mol. The van der Waals surface area contributed by atoms with Crippen molar-refractivity contribution >= 4 is 11.3 Å². The number of thiazole rings is 1. The topological polar surface area (TPSA) is 79.4 Å². The molecule has 0 saturated heterocycles. The SMILES string of the molecule is CC(NCc1cnc(C(C)(C)C)s1)c1nn[nH]n1. The van der Waals surface area contributed by atoms with E-state index < -0.39 is 0 Å². The highest BCUT2D eigenvalue weighted by molar-refractivity contribution is 7.11. The zero-order valence-corrected chi connectivity index (χ0v) is 11.9. The average Bonchev–Trinajstić information content (AvgIpc) is 2.96. The minimum Gasteiger partial charge on any atom is -0.302 e. The third kappa shape index (κ3) is 3.11. The summed E-state index contributed by atoms with van der Waals surface area (Å²) in [7, 11) is 0. The third-order valence-electron chi connectivity index (χ3n) is 2.53. The lowest BCUT2D eigenvalue weighted by molar-refractivity contribution is 0.550. The lowest BCUT2D eigenvalue weighted by Gasteiger charge is -2.13. The standard InChI is InChI=1S/C11H18N6S/c1-7(9-14-16-17-15-9)12-5-8-6-13-10(18-8)11(2,3)4/h6-7,12H,5H2,1-4H3,(H,14,15,16,17). The van der Waals surface area contributed by atoms with Crippen molar-refractivity contribution in [2.45, 2.75) is 45.7 Å². The fourth-order valence-electron chi connectivity index (χ4n) is 1.43. The first-order valence-electron chi connectivity index (χ1n) is 5.88. The van der Waals surface area contributed by atoms with Gasteiger partial charge < -0.3 is 5.32 Å². The zero-order valence-electron chi connectivity index (χ0n) is 11.1. The summed E-state index contributed by atoms with van der Waals surface area (Å²) in [4.78, 5) is 5.67. The van der Waals surface area contributed by atoms with Crippen molar-refractivity contribution in [1.82, 2.24) is 30.9 Å². The summed E-state index contributed by atoms with van der Waals surface area (Å²) in [5.74, 6) is 0.676. The monoisotopic (exact) mass is 266 g/mol. The lowest BCUT2D eigenvalue weighted by atomic mass is 9.98. The summed E-state index contributed by atoms with van der Waals surface area (Å²) in [6, 6.07) is 0.0731. The molecule has 7 heteroatoms. The van der Waals surface area contributed by atoms with Gasteiger partial charge in [-0.2, -0.15) is 5.21 Å². The highest BCUT2D eigenvalue weighted by Gasteiger charge is 2.18. The van der Waals surface area contributed by atoms with Gasteiger partial charge in [-0.25, -0.2) is 4.98 Å². The number of aromatic nitrogens is 5. The van der Waals surface area contributed by atoms with Crippen molar-refractivity contribution in [3.05, 3.63) is 21.9 Å². The third-order valence-corrected chi connectivity index (χ3v) is 3.95. The van der Waals surface area contributed by atoms with E-state index >= 15 is 0 Å². The van der Waals surface area contributed by atoms with E-state index in [-0.39, 0.29) is 11.5 Å². The molecule has 0 fully saturated rings. The molecule has 0 aliphatic rings. The molecule has 0 aliphatic heterocycles. The molecular formula is C11H18N6S. The number of aromatic amines is 1. The first-order chi connectivity index (χ1) is 8.47. The van der Waals surface area contributed by atoms with Crippen molar-refractivity contribution in [3.63, 3.8) is 0 Å². The first kappa shape index (κ1) is 13.1. The molecule has 0 saturated carbocycles. The Balaban J connectivity index is 1.93. The van der Waals surface area contributed by atoms with Gasteiger partial charge in [0.2, 0.25) is 0 Å². The smallest absolute Gasteiger partial charge is 0.191 e. The van der Waals surface area contributed by atoms with Crippen LogP contribution in [0.1, 0.15) is 49.4 Å². The largest absolute Gasteiger partial charge is 0.302 e. The predicted molar refractivity (Wildman–Crippen MR) is 70.2 cm³/mol. The van der Waals surface area contributed by atoms with Crippen LogP contribution >= 0.6 is 11.3 Å². The molecule has 1 unspecified atom stereocenters. The van der Waals surface area contributed by atoms with E-state index in [2.05, 4.69) is 51.7 Å². The Morgan fingerprint density at radius 1 is 1.44 bits per heavy atom. The molecule has 2 heterocycles. The lowest BCUT2D eigenvalue weighted by Crippen LogP contribution is -2.18. The molecule has 98 valence electrons. The van der Waals surface area contributed by atoms with E-state index in [4.69, 9.17) is 0 Å². The summed E-state index contributed by atoms with van der Waals surface area (Å²) in [6.07, 6.45) is 1.93. The van der Waals surface area contributed by atoms with Crippen molar-refractivity contribution < 1.29 is 0 Å². The van der Waals surface area contributed by atoms with Crippen LogP contribution in [0.2, 0.25) is 0 Å². The zero-order chi connectivity index (χ0) is 13.2. The van der Waals surface area contributed by atoms with Gasteiger partial charge >= 0.3 is 0 Å². The van der Waals surface area contributed by atoms with Gasteiger partial charge in [0.15, 0.2) is 5.82 Å². The fourth-order valence-corrected chi connectivity index (χ4v) is 2.35. The van der Waals surface area contributed by atoms with E-state index in [1.807, 2.05) is 13.1 Å². The van der Waals surface area contributed by atoms with Gasteiger partial charge in [0, 0.05) is 23.0 Å². The molecule has 0 aromatic carbocycles. The summed E-state index contributed by atoms with van der Waals surface area (Å²) in [6.45, 7) is 9.29. The van der Waals surface area contributed by atoms with Crippen LogP contribution in [0, 0.1) is 0 Å². The maximum atomic E-state index is 4.46. The molecule has 0 bridgehead atoms. The molecule has 2 N–H and O–H groups in total. The van der Waals surface area contributed by atoms with Crippen LogP contribution in [0.15, 0.2) is 6.20 Å². The molecule has 2 rings (SSSR count). The minimum atomic E-state index is 0.0731. The van der Waals surface area contributed by atoms with Crippen LogP contribution in [0.4, 0.5) is 0 Å². The van der Waals surface area contributed by atoms with E-state index in [1.54, 1.807) is 11.3 Å². The summed E-state index contributed by atoms with van der Waals surface area (Å²) >= 11 is 1.74. The number of hydrogen-bond donors (Lipinski definition) is 2. The molecule has 0 radical (unpaired) electrons. The Hall–Kier alpha value is -1.34. The Kier molecular flexibility index (Phi) is 3.72. The Bertz CT molecular complexity index is 484. The maximum absolute atomic E-state index is 4.46. The Labute approximate surface area is 110 Å². The van der Waals surface area contributed by atoms with Crippen molar-refractivity contribution in [1.29, 1.82) is 0 Å². The van der Waals surface area contributed by atoms with Crippen LogP contribution in [0.3, 0.4) is 0 Å². The van der Waals surface area contributed by atoms with Crippen LogP contribution in [0.5, 0.6) is 0 Å². The van der Waals surface area contributed by atoms with Crippen LogP contribution in [-0.4, -0.2) is 25.6 Å². The van der Waals surface area contributed by atoms with Crippen LogP contribution in [-0.2, 0) is 12.0 Å². The molecule has 18 heavy (non-hydrogen) atoms. The van der Waals surface area contributed by atoms with E-state index in [0.717, 1.165) is 11.6 Å². The van der Waals surface area contributed by atoms with Crippen LogP contribution in [0.25, 0.3) is 0 Å². The predicted octanol–water partition coefficient (Wildman–Crippen LogP) is 1.80.